The van der Waals surface area contributed by atoms with Gasteiger partial charge in [0, 0.05) is 37.3 Å². The number of likely N-dealkylation sites (tertiary alicyclic amines) is 1. The van der Waals surface area contributed by atoms with Crippen LogP contribution in [0.5, 0.6) is 0 Å². The third-order valence-corrected chi connectivity index (χ3v) is 6.66. The van der Waals surface area contributed by atoms with E-state index in [4.69, 9.17) is 14.2 Å². The van der Waals surface area contributed by atoms with E-state index in [2.05, 4.69) is 15.9 Å². The molecule has 4 heterocycles. The van der Waals surface area contributed by atoms with Crippen LogP contribution in [0.4, 0.5) is 10.6 Å². The van der Waals surface area contributed by atoms with Gasteiger partial charge in [-0.25, -0.2) is 19.6 Å². The van der Waals surface area contributed by atoms with Gasteiger partial charge in [-0.2, -0.15) is 5.01 Å². The van der Waals surface area contributed by atoms with Gasteiger partial charge in [-0.15, -0.1) is 0 Å². The molecule has 0 radical (unpaired) electrons. The number of nitrogens with one attached hydrogen (secondary N) is 2. The summed E-state index contributed by atoms with van der Waals surface area (Å²) in [6, 6.07) is 2.79. The van der Waals surface area contributed by atoms with Gasteiger partial charge in [0.05, 0.1) is 18.8 Å². The average Bonchev–Trinajstić information content (AvgIpc) is 3.56. The topological polar surface area (TPSA) is 153 Å². The maximum Gasteiger partial charge on any atom is 0.407 e. The summed E-state index contributed by atoms with van der Waals surface area (Å²) < 4.78 is 5.44. The Bertz CT molecular complexity index is 1180. The number of nitrogens with zero attached hydrogens (tertiary/aromatic N) is 5. The molecule has 0 bridgehead atoms. The number of carboxylic acid groups (broad SMARTS) is 1. The number of aromatic nitrogens is 2. The first-order valence-electron chi connectivity index (χ1n) is 13.1. The van der Waals surface area contributed by atoms with Crippen LogP contribution in [0.15, 0.2) is 29.0 Å². The van der Waals surface area contributed by atoms with Gasteiger partial charge in [-0.05, 0) is 24.5 Å². The summed E-state index contributed by atoms with van der Waals surface area (Å²) in [4.78, 5) is 55.0. The first-order chi connectivity index (χ1) is 18.4. The highest BCUT2D eigenvalue weighted by atomic mass is 16.7. The Morgan fingerprint density at radius 3 is 2.67 bits per heavy atom. The van der Waals surface area contributed by atoms with Gasteiger partial charge < -0.3 is 29.5 Å². The molecule has 0 saturated carbocycles. The maximum absolute atomic E-state index is 14.2. The van der Waals surface area contributed by atoms with Gasteiger partial charge in [0.2, 0.25) is 0 Å². The van der Waals surface area contributed by atoms with Crippen molar-refractivity contribution >= 4 is 23.8 Å². The zero-order valence-corrected chi connectivity index (χ0v) is 23.0. The summed E-state index contributed by atoms with van der Waals surface area (Å²) in [7, 11) is 0. The van der Waals surface area contributed by atoms with E-state index < -0.39 is 18.1 Å². The Kier molecular flexibility index (Phi) is 8.40. The van der Waals surface area contributed by atoms with Crippen molar-refractivity contribution in [1.82, 2.24) is 30.4 Å². The second kappa shape index (κ2) is 11.6. The molecule has 2 aromatic heterocycles. The molecule has 2 amide bonds. The molecule has 3 N–H and O–H groups in total. The molecule has 2 aliphatic heterocycles. The third-order valence-electron chi connectivity index (χ3n) is 6.66. The monoisotopic (exact) mass is 543 g/mol. The quantitative estimate of drug-likeness (QED) is 0.450. The second-order valence-electron chi connectivity index (χ2n) is 11.4. The van der Waals surface area contributed by atoms with E-state index in [-0.39, 0.29) is 48.5 Å². The lowest BCUT2D eigenvalue weighted by atomic mass is 9.95. The summed E-state index contributed by atoms with van der Waals surface area (Å²) in [5.41, 5.74) is 2.52. The highest BCUT2D eigenvalue weighted by Gasteiger charge is 2.41. The number of piperidine rings is 1. The molecule has 0 spiro atoms. The average molecular weight is 544 g/mol. The Morgan fingerprint density at radius 2 is 2.08 bits per heavy atom. The maximum atomic E-state index is 14.2. The van der Waals surface area contributed by atoms with E-state index >= 15 is 0 Å². The van der Waals surface area contributed by atoms with E-state index in [0.717, 1.165) is 0 Å². The van der Waals surface area contributed by atoms with Crippen molar-refractivity contribution in [2.75, 3.05) is 31.5 Å². The van der Waals surface area contributed by atoms with Crippen LogP contribution in [0.25, 0.3) is 0 Å². The normalized spacial score (nSPS) is 20.3. The van der Waals surface area contributed by atoms with Crippen LogP contribution >= 0.6 is 0 Å². The van der Waals surface area contributed by atoms with Crippen LogP contribution in [0.3, 0.4) is 0 Å². The number of anilines is 1. The van der Waals surface area contributed by atoms with Gasteiger partial charge >= 0.3 is 12.1 Å². The minimum absolute atomic E-state index is 0.00801. The molecule has 13 heteroatoms. The summed E-state index contributed by atoms with van der Waals surface area (Å²) in [5, 5.41) is 14.7. The van der Waals surface area contributed by atoms with Gasteiger partial charge in [-0.3, -0.25) is 4.79 Å². The van der Waals surface area contributed by atoms with Crippen molar-refractivity contribution < 1.29 is 28.7 Å². The number of hydrogen-bond acceptors (Lipinski definition) is 10. The number of carbonyl (C=O) groups excluding carboxylic acids is 2. The zero-order valence-electron chi connectivity index (χ0n) is 23.0. The molecular formula is C26H37N7O6. The standard InChI is InChI=1S/C26H37N7O6/c1-16(2)12-32(17-9-18(14-31(13-17)25(36)37)33-15-21(34)39-30-33)23(35)20-11-28-24(26(3,4)5)29-22(20)27-10-19-7-6-8-38-19/h6-8,11,16-18,30H,9-10,12-15H2,1-5H3,(H,36,37)(H,27,28,29)/t17-,18+/m0/s1. The lowest BCUT2D eigenvalue weighted by molar-refractivity contribution is -0.144. The molecule has 2 fully saturated rings. The minimum atomic E-state index is -1.09. The molecular weight excluding hydrogens is 506 g/mol. The highest BCUT2D eigenvalue weighted by molar-refractivity contribution is 5.98. The van der Waals surface area contributed by atoms with E-state index in [0.29, 0.717) is 36.9 Å². The van der Waals surface area contributed by atoms with Crippen LogP contribution in [0.1, 0.15) is 63.0 Å². The number of rotatable bonds is 8. The molecule has 0 aromatic carbocycles. The highest BCUT2D eigenvalue weighted by Crippen LogP contribution is 2.27. The first-order valence-corrected chi connectivity index (χ1v) is 13.1. The number of amides is 2. The molecule has 4 rings (SSSR count). The molecule has 2 atom stereocenters. The lowest BCUT2D eigenvalue weighted by Gasteiger charge is -2.44. The second-order valence-corrected chi connectivity index (χ2v) is 11.4. The smallest absolute Gasteiger partial charge is 0.407 e. The Labute approximate surface area is 227 Å². The van der Waals surface area contributed by atoms with Gasteiger partial charge in [0.15, 0.2) is 0 Å². The van der Waals surface area contributed by atoms with Crippen LogP contribution in [-0.4, -0.2) is 86.1 Å². The van der Waals surface area contributed by atoms with Crippen molar-refractivity contribution in [2.45, 2.75) is 65.1 Å². The Hall–Kier alpha value is -3.71. The predicted molar refractivity (Wildman–Crippen MR) is 140 cm³/mol. The van der Waals surface area contributed by atoms with E-state index in [9.17, 15) is 19.5 Å². The molecule has 0 unspecified atom stereocenters. The van der Waals surface area contributed by atoms with E-state index in [1.165, 1.54) is 11.1 Å². The Morgan fingerprint density at radius 1 is 1.31 bits per heavy atom. The van der Waals surface area contributed by atoms with Crippen LogP contribution < -0.4 is 10.9 Å². The van der Waals surface area contributed by atoms with Crippen LogP contribution in [0, 0.1) is 5.92 Å². The van der Waals surface area contributed by atoms with Crippen molar-refractivity contribution in [2.24, 2.45) is 5.92 Å². The lowest BCUT2D eigenvalue weighted by Crippen LogP contribution is -2.60. The molecule has 212 valence electrons. The molecule has 0 aliphatic carbocycles. The van der Waals surface area contributed by atoms with Crippen LogP contribution in [0.2, 0.25) is 0 Å². The van der Waals surface area contributed by atoms with Crippen molar-refractivity contribution in [3.8, 4) is 0 Å². The van der Waals surface area contributed by atoms with Crippen molar-refractivity contribution in [3.05, 3.63) is 41.7 Å². The van der Waals surface area contributed by atoms with Crippen molar-refractivity contribution in [3.63, 3.8) is 0 Å². The fourth-order valence-electron chi connectivity index (χ4n) is 4.74. The fourth-order valence-corrected chi connectivity index (χ4v) is 4.74. The number of carbonyl (C=O) groups is 3. The summed E-state index contributed by atoms with van der Waals surface area (Å²) in [5.74, 6) is 1.01. The molecule has 13 nitrogen and oxygen atoms in total. The molecule has 2 aromatic rings. The number of furan rings is 1. The summed E-state index contributed by atoms with van der Waals surface area (Å²) >= 11 is 0. The Balaban J connectivity index is 1.66. The zero-order chi connectivity index (χ0) is 28.3. The van der Waals surface area contributed by atoms with E-state index in [1.54, 1.807) is 22.2 Å². The minimum Gasteiger partial charge on any atom is -0.467 e. The van der Waals surface area contributed by atoms with Crippen LogP contribution in [-0.2, 0) is 21.6 Å². The number of hydrazine groups is 1. The van der Waals surface area contributed by atoms with Gasteiger partial charge in [-0.1, -0.05) is 40.2 Å². The van der Waals surface area contributed by atoms with Crippen molar-refractivity contribution in [1.29, 1.82) is 0 Å². The third kappa shape index (κ3) is 6.84. The van der Waals surface area contributed by atoms with Gasteiger partial charge in [0.1, 0.15) is 29.5 Å². The molecule has 39 heavy (non-hydrogen) atoms. The summed E-state index contributed by atoms with van der Waals surface area (Å²) in [6.45, 7) is 11.0. The molecule has 2 aliphatic rings. The largest absolute Gasteiger partial charge is 0.467 e. The predicted octanol–water partition coefficient (Wildman–Crippen LogP) is 2.48. The number of hydrogen-bond donors (Lipinski definition) is 3. The van der Waals surface area contributed by atoms with Gasteiger partial charge in [0.25, 0.3) is 5.91 Å². The summed E-state index contributed by atoms with van der Waals surface area (Å²) in [6.07, 6.45) is 2.47. The van der Waals surface area contributed by atoms with E-state index in [1.807, 2.05) is 40.7 Å². The SMILES string of the molecule is CC(C)CN(C(=O)c1cnc(C(C)(C)C)nc1NCc1ccco1)[C@H]1C[C@@H](N2CC(=O)ON2)CN(C(=O)O)C1. The fraction of sp³-hybridized carbons (Fsp3) is 0.577. The molecule has 2 saturated heterocycles. The first kappa shape index (κ1) is 28.3.